The molecule has 1 aromatic carbocycles. The molecule has 0 radical (unpaired) electrons. The highest BCUT2D eigenvalue weighted by Gasteiger charge is 2.30. The number of nitrogens with zero attached hydrogens (tertiary/aromatic N) is 1. The van der Waals surface area contributed by atoms with Gasteiger partial charge in [0.2, 0.25) is 0 Å². The molecule has 120 valence electrons. The molecule has 1 unspecified atom stereocenters. The third-order valence-electron chi connectivity index (χ3n) is 3.28. The number of hydrogen-bond acceptors (Lipinski definition) is 2. The summed E-state index contributed by atoms with van der Waals surface area (Å²) in [6.07, 6.45) is -2.84. The second-order valence-electron chi connectivity index (χ2n) is 5.08. The average Bonchev–Trinajstić information content (AvgIpc) is 2.38. The van der Waals surface area contributed by atoms with Gasteiger partial charge >= 0.3 is 6.18 Å². The maximum atomic E-state index is 12.5. The lowest BCUT2D eigenvalue weighted by molar-refractivity contribution is -0.146. The molecule has 0 aliphatic carbocycles. The molecule has 0 fully saturated rings. The fourth-order valence-electron chi connectivity index (χ4n) is 2.35. The minimum Gasteiger partial charge on any atom is -0.313 e. The molecule has 0 aliphatic rings. The number of nitrogens with one attached hydrogen (secondary N) is 1. The Morgan fingerprint density at radius 2 is 2.00 bits per heavy atom. The number of benzene rings is 1. The molecule has 6 heteroatoms. The van der Waals surface area contributed by atoms with Crippen LogP contribution in [-0.4, -0.2) is 37.8 Å². The van der Waals surface area contributed by atoms with Gasteiger partial charge in [-0.15, -0.1) is 0 Å². The van der Waals surface area contributed by atoms with Gasteiger partial charge in [0.15, 0.2) is 0 Å². The number of rotatable bonds is 8. The first kappa shape index (κ1) is 18.3. The first-order valence-electron chi connectivity index (χ1n) is 7.07. The Hall–Kier alpha value is -0.780. The summed E-state index contributed by atoms with van der Waals surface area (Å²) in [6.45, 7) is 1.87. The Morgan fingerprint density at radius 1 is 1.29 bits per heavy atom. The molecule has 0 bridgehead atoms. The number of hydrogen-bond donors (Lipinski definition) is 1. The van der Waals surface area contributed by atoms with Gasteiger partial charge in [-0.25, -0.2) is 0 Å². The van der Waals surface area contributed by atoms with Crippen molar-refractivity contribution in [3.05, 3.63) is 34.9 Å². The van der Waals surface area contributed by atoms with E-state index in [9.17, 15) is 13.2 Å². The van der Waals surface area contributed by atoms with E-state index in [1.165, 1.54) is 4.90 Å². The van der Waals surface area contributed by atoms with Crippen LogP contribution in [0.3, 0.4) is 0 Å². The second kappa shape index (κ2) is 8.61. The first-order valence-corrected chi connectivity index (χ1v) is 7.45. The zero-order chi connectivity index (χ0) is 15.9. The van der Waals surface area contributed by atoms with Crippen molar-refractivity contribution in [1.29, 1.82) is 0 Å². The monoisotopic (exact) mass is 322 g/mol. The van der Waals surface area contributed by atoms with Gasteiger partial charge in [0.25, 0.3) is 0 Å². The summed E-state index contributed by atoms with van der Waals surface area (Å²) in [5.41, 5.74) is 0.994. The minimum atomic E-state index is -4.15. The third-order valence-corrected chi connectivity index (χ3v) is 3.51. The van der Waals surface area contributed by atoms with Crippen LogP contribution in [0.15, 0.2) is 24.3 Å². The SMILES string of the molecule is CCCN(CCC(NC)c1cccc(Cl)c1)CC(F)(F)F. The summed E-state index contributed by atoms with van der Waals surface area (Å²) >= 11 is 5.96. The maximum Gasteiger partial charge on any atom is 0.401 e. The van der Waals surface area contributed by atoms with Gasteiger partial charge in [0, 0.05) is 17.6 Å². The van der Waals surface area contributed by atoms with Crippen molar-refractivity contribution in [2.75, 3.05) is 26.7 Å². The smallest absolute Gasteiger partial charge is 0.313 e. The summed E-state index contributed by atoms with van der Waals surface area (Å²) in [4.78, 5) is 1.45. The van der Waals surface area contributed by atoms with E-state index in [0.29, 0.717) is 31.0 Å². The predicted octanol–water partition coefficient (Wildman–Crippen LogP) is 4.26. The summed E-state index contributed by atoms with van der Waals surface area (Å²) < 4.78 is 37.6. The summed E-state index contributed by atoms with van der Waals surface area (Å²) in [7, 11) is 1.81. The Kier molecular flexibility index (Phi) is 7.49. The van der Waals surface area contributed by atoms with Crippen molar-refractivity contribution in [2.24, 2.45) is 0 Å². The lowest BCUT2D eigenvalue weighted by Gasteiger charge is -2.25. The molecule has 0 aliphatic heterocycles. The van der Waals surface area contributed by atoms with E-state index in [1.54, 1.807) is 13.1 Å². The molecule has 21 heavy (non-hydrogen) atoms. The summed E-state index contributed by atoms with van der Waals surface area (Å²) in [6, 6.07) is 7.40. The van der Waals surface area contributed by atoms with Crippen LogP contribution in [-0.2, 0) is 0 Å². The standard InChI is InChI=1S/C15H22ClF3N2/c1-3-8-21(11-15(17,18)19)9-7-14(20-2)12-5-4-6-13(16)10-12/h4-6,10,14,20H,3,7-9,11H2,1-2H3. The van der Waals surface area contributed by atoms with Crippen LogP contribution in [0.1, 0.15) is 31.4 Å². The molecular formula is C15H22ClF3N2. The van der Waals surface area contributed by atoms with Crippen molar-refractivity contribution in [1.82, 2.24) is 10.2 Å². The Bertz CT molecular complexity index is 424. The van der Waals surface area contributed by atoms with Crippen LogP contribution in [0.5, 0.6) is 0 Å². The van der Waals surface area contributed by atoms with Gasteiger partial charge in [-0.2, -0.15) is 13.2 Å². The van der Waals surface area contributed by atoms with Gasteiger partial charge < -0.3 is 5.32 Å². The van der Waals surface area contributed by atoms with E-state index in [-0.39, 0.29) is 6.04 Å². The lowest BCUT2D eigenvalue weighted by Crippen LogP contribution is -2.36. The van der Waals surface area contributed by atoms with Crippen molar-refractivity contribution >= 4 is 11.6 Å². The zero-order valence-electron chi connectivity index (χ0n) is 12.4. The first-order chi connectivity index (χ1) is 9.85. The van der Waals surface area contributed by atoms with E-state index in [2.05, 4.69) is 5.32 Å². The molecule has 0 saturated heterocycles. The molecule has 1 atom stereocenters. The van der Waals surface area contributed by atoms with Crippen LogP contribution in [0, 0.1) is 0 Å². The number of halogens is 4. The van der Waals surface area contributed by atoms with E-state index >= 15 is 0 Å². The van der Waals surface area contributed by atoms with Crippen molar-refractivity contribution < 1.29 is 13.2 Å². The van der Waals surface area contributed by atoms with Gasteiger partial charge in [0.1, 0.15) is 0 Å². The Balaban J connectivity index is 2.63. The largest absolute Gasteiger partial charge is 0.401 e. The number of alkyl halides is 3. The van der Waals surface area contributed by atoms with Gasteiger partial charge in [-0.3, -0.25) is 4.90 Å². The topological polar surface area (TPSA) is 15.3 Å². The second-order valence-corrected chi connectivity index (χ2v) is 5.51. The average molecular weight is 323 g/mol. The van der Waals surface area contributed by atoms with Crippen LogP contribution in [0.2, 0.25) is 5.02 Å². The lowest BCUT2D eigenvalue weighted by atomic mass is 10.0. The molecule has 0 spiro atoms. The zero-order valence-corrected chi connectivity index (χ0v) is 13.1. The summed E-state index contributed by atoms with van der Waals surface area (Å²) in [5.74, 6) is 0. The van der Waals surface area contributed by atoms with Crippen LogP contribution >= 0.6 is 11.6 Å². The molecule has 1 aromatic rings. The van der Waals surface area contributed by atoms with Crippen molar-refractivity contribution in [3.8, 4) is 0 Å². The molecule has 0 aromatic heterocycles. The highest BCUT2D eigenvalue weighted by atomic mass is 35.5. The highest BCUT2D eigenvalue weighted by Crippen LogP contribution is 2.22. The van der Waals surface area contributed by atoms with E-state index < -0.39 is 12.7 Å². The van der Waals surface area contributed by atoms with Gasteiger partial charge in [0.05, 0.1) is 6.54 Å². The highest BCUT2D eigenvalue weighted by molar-refractivity contribution is 6.30. The maximum absolute atomic E-state index is 12.5. The Labute approximate surface area is 129 Å². The molecule has 0 amide bonds. The molecule has 0 saturated carbocycles. The van der Waals surface area contributed by atoms with Crippen LogP contribution < -0.4 is 5.32 Å². The molecule has 0 heterocycles. The van der Waals surface area contributed by atoms with Gasteiger partial charge in [-0.1, -0.05) is 30.7 Å². The van der Waals surface area contributed by atoms with E-state index in [4.69, 9.17) is 11.6 Å². The minimum absolute atomic E-state index is 0.00344. The molecular weight excluding hydrogens is 301 g/mol. The van der Waals surface area contributed by atoms with Crippen molar-refractivity contribution in [2.45, 2.75) is 32.0 Å². The van der Waals surface area contributed by atoms with E-state index in [0.717, 1.165) is 5.56 Å². The third kappa shape index (κ3) is 7.16. The van der Waals surface area contributed by atoms with Crippen molar-refractivity contribution in [3.63, 3.8) is 0 Å². The van der Waals surface area contributed by atoms with Gasteiger partial charge in [-0.05, 0) is 44.1 Å². The predicted molar refractivity (Wildman–Crippen MR) is 80.7 cm³/mol. The van der Waals surface area contributed by atoms with E-state index in [1.807, 2.05) is 25.1 Å². The quantitative estimate of drug-likeness (QED) is 0.769. The fourth-order valence-corrected chi connectivity index (χ4v) is 2.55. The Morgan fingerprint density at radius 3 is 2.52 bits per heavy atom. The van der Waals surface area contributed by atoms with Crippen LogP contribution in [0.25, 0.3) is 0 Å². The fraction of sp³-hybridized carbons (Fsp3) is 0.600. The molecule has 1 rings (SSSR count). The summed E-state index contributed by atoms with van der Waals surface area (Å²) in [5, 5.41) is 3.77. The normalized spacial score (nSPS) is 13.7. The molecule has 1 N–H and O–H groups in total. The molecule has 2 nitrogen and oxygen atoms in total. The van der Waals surface area contributed by atoms with Crippen LogP contribution in [0.4, 0.5) is 13.2 Å².